The summed E-state index contributed by atoms with van der Waals surface area (Å²) in [6.45, 7) is 6.54. The van der Waals surface area contributed by atoms with Crippen LogP contribution in [-0.4, -0.2) is 29.6 Å². The van der Waals surface area contributed by atoms with E-state index in [1.807, 2.05) is 0 Å². The highest BCUT2D eigenvalue weighted by molar-refractivity contribution is 6.31. The highest BCUT2D eigenvalue weighted by atomic mass is 35.5. The van der Waals surface area contributed by atoms with E-state index in [0.29, 0.717) is 11.4 Å². The molecule has 1 aromatic rings. The van der Waals surface area contributed by atoms with E-state index in [9.17, 15) is 4.39 Å². The van der Waals surface area contributed by atoms with E-state index < -0.39 is 0 Å². The van der Waals surface area contributed by atoms with E-state index in [1.165, 1.54) is 31.4 Å². The first-order valence-corrected chi connectivity index (χ1v) is 7.73. The molecule has 2 nitrogen and oxygen atoms in total. The second-order valence-corrected chi connectivity index (χ2v) is 6.65. The molecule has 0 aliphatic carbocycles. The number of hydrogen-bond acceptors (Lipinski definition) is 2. The zero-order chi connectivity index (χ0) is 14.8. The van der Waals surface area contributed by atoms with Crippen LogP contribution in [0.2, 0.25) is 5.02 Å². The summed E-state index contributed by atoms with van der Waals surface area (Å²) in [6, 6.07) is 4.41. The largest absolute Gasteiger partial charge is 0.326 e. The average molecular weight is 299 g/mol. The maximum absolute atomic E-state index is 13.3. The van der Waals surface area contributed by atoms with Crippen molar-refractivity contribution in [1.29, 1.82) is 0 Å². The zero-order valence-corrected chi connectivity index (χ0v) is 13.1. The first-order chi connectivity index (χ1) is 9.41. The fourth-order valence-electron chi connectivity index (χ4n) is 2.89. The summed E-state index contributed by atoms with van der Waals surface area (Å²) in [5.74, 6) is -0.257. The molecule has 1 atom stereocenters. The quantitative estimate of drug-likeness (QED) is 0.920. The van der Waals surface area contributed by atoms with Crippen LogP contribution in [0.3, 0.4) is 0 Å². The van der Waals surface area contributed by atoms with Crippen molar-refractivity contribution < 1.29 is 4.39 Å². The van der Waals surface area contributed by atoms with Crippen LogP contribution in [0.25, 0.3) is 0 Å². The molecule has 1 heterocycles. The topological polar surface area (TPSA) is 29.3 Å². The number of halogens is 2. The Balaban J connectivity index is 2.09. The van der Waals surface area contributed by atoms with Gasteiger partial charge in [-0.2, -0.15) is 0 Å². The van der Waals surface area contributed by atoms with Crippen molar-refractivity contribution in [2.45, 2.75) is 51.1 Å². The Morgan fingerprint density at radius 2 is 1.95 bits per heavy atom. The van der Waals surface area contributed by atoms with Crippen LogP contribution in [0.5, 0.6) is 0 Å². The lowest BCUT2D eigenvalue weighted by Crippen LogP contribution is -2.58. The number of nitrogens with two attached hydrogens (primary N) is 1. The molecule has 4 heteroatoms. The Bertz CT molecular complexity index is 456. The highest BCUT2D eigenvalue weighted by Crippen LogP contribution is 2.27. The summed E-state index contributed by atoms with van der Waals surface area (Å²) in [5.41, 5.74) is 7.11. The molecule has 1 unspecified atom stereocenters. The second-order valence-electron chi connectivity index (χ2n) is 6.25. The van der Waals surface area contributed by atoms with E-state index in [-0.39, 0.29) is 17.4 Å². The van der Waals surface area contributed by atoms with Gasteiger partial charge in [-0.05, 0) is 70.0 Å². The molecule has 0 amide bonds. The number of rotatable bonds is 4. The molecule has 0 saturated carbocycles. The number of likely N-dealkylation sites (tertiary alicyclic amines) is 1. The monoisotopic (exact) mass is 298 g/mol. The standard InChI is InChI=1S/C16H24ClFN2/c1-16(2,20-8-4-3-5-9-20)15(19)11-12-10-13(18)6-7-14(12)17/h6-7,10,15H,3-5,8-9,11,19H2,1-2H3. The molecule has 0 aromatic heterocycles. The summed E-state index contributed by atoms with van der Waals surface area (Å²) in [4.78, 5) is 2.45. The van der Waals surface area contributed by atoms with Crippen LogP contribution >= 0.6 is 11.6 Å². The zero-order valence-electron chi connectivity index (χ0n) is 12.3. The van der Waals surface area contributed by atoms with Crippen LogP contribution < -0.4 is 5.73 Å². The number of hydrogen-bond donors (Lipinski definition) is 1. The first-order valence-electron chi connectivity index (χ1n) is 7.36. The number of nitrogens with zero attached hydrogens (tertiary/aromatic N) is 1. The SMILES string of the molecule is CC(C)(C(N)Cc1cc(F)ccc1Cl)N1CCCCC1. The van der Waals surface area contributed by atoms with Crippen LogP contribution in [-0.2, 0) is 6.42 Å². The molecule has 0 bridgehead atoms. The van der Waals surface area contributed by atoms with Gasteiger partial charge in [0.2, 0.25) is 0 Å². The third-order valence-corrected chi connectivity index (χ3v) is 4.89. The van der Waals surface area contributed by atoms with Crippen molar-refractivity contribution in [2.24, 2.45) is 5.73 Å². The smallest absolute Gasteiger partial charge is 0.123 e. The maximum atomic E-state index is 13.3. The van der Waals surface area contributed by atoms with E-state index in [2.05, 4.69) is 18.7 Å². The normalized spacial score (nSPS) is 19.1. The van der Waals surface area contributed by atoms with Gasteiger partial charge in [-0.25, -0.2) is 4.39 Å². The van der Waals surface area contributed by atoms with Crippen molar-refractivity contribution in [2.75, 3.05) is 13.1 Å². The fraction of sp³-hybridized carbons (Fsp3) is 0.625. The van der Waals surface area contributed by atoms with Gasteiger partial charge < -0.3 is 5.73 Å². The predicted octanol–water partition coefficient (Wildman–Crippen LogP) is 3.61. The van der Waals surface area contributed by atoms with Crippen LogP contribution in [0.15, 0.2) is 18.2 Å². The highest BCUT2D eigenvalue weighted by Gasteiger charge is 2.34. The van der Waals surface area contributed by atoms with Crippen molar-refractivity contribution in [3.8, 4) is 0 Å². The molecule has 1 aliphatic heterocycles. The maximum Gasteiger partial charge on any atom is 0.123 e. The second kappa shape index (κ2) is 6.42. The number of benzene rings is 1. The molecule has 1 aliphatic rings. The Morgan fingerprint density at radius 3 is 2.60 bits per heavy atom. The molecule has 1 saturated heterocycles. The van der Waals surface area contributed by atoms with Gasteiger partial charge >= 0.3 is 0 Å². The Kier molecular flexibility index (Phi) is 5.05. The van der Waals surface area contributed by atoms with Gasteiger partial charge in [-0.1, -0.05) is 18.0 Å². The van der Waals surface area contributed by atoms with E-state index >= 15 is 0 Å². The molecule has 0 spiro atoms. The molecular weight excluding hydrogens is 275 g/mol. The van der Waals surface area contributed by atoms with Gasteiger partial charge in [0.15, 0.2) is 0 Å². The minimum atomic E-state index is -0.257. The summed E-state index contributed by atoms with van der Waals surface area (Å²) < 4.78 is 13.3. The first kappa shape index (κ1) is 15.7. The van der Waals surface area contributed by atoms with Gasteiger partial charge in [-0.3, -0.25) is 4.90 Å². The molecular formula is C16H24ClFN2. The minimum Gasteiger partial charge on any atom is -0.326 e. The summed E-state index contributed by atoms with van der Waals surface area (Å²) >= 11 is 6.14. The summed E-state index contributed by atoms with van der Waals surface area (Å²) in [6.07, 6.45) is 4.37. The summed E-state index contributed by atoms with van der Waals surface area (Å²) in [7, 11) is 0. The minimum absolute atomic E-state index is 0.0695. The lowest BCUT2D eigenvalue weighted by atomic mass is 9.86. The number of piperidine rings is 1. The Hall–Kier alpha value is -0.640. The lowest BCUT2D eigenvalue weighted by Gasteiger charge is -2.44. The van der Waals surface area contributed by atoms with Crippen molar-refractivity contribution in [1.82, 2.24) is 4.90 Å². The van der Waals surface area contributed by atoms with Gasteiger partial charge in [-0.15, -0.1) is 0 Å². The van der Waals surface area contributed by atoms with E-state index in [4.69, 9.17) is 17.3 Å². The molecule has 20 heavy (non-hydrogen) atoms. The lowest BCUT2D eigenvalue weighted by molar-refractivity contribution is 0.0731. The molecule has 2 rings (SSSR count). The molecule has 2 N–H and O–H groups in total. The van der Waals surface area contributed by atoms with Gasteiger partial charge in [0.1, 0.15) is 5.82 Å². The summed E-state index contributed by atoms with van der Waals surface area (Å²) in [5, 5.41) is 0.594. The average Bonchev–Trinajstić information content (AvgIpc) is 2.43. The Labute approximate surface area is 126 Å². The van der Waals surface area contributed by atoms with Gasteiger partial charge in [0.25, 0.3) is 0 Å². The predicted molar refractivity (Wildman–Crippen MR) is 82.6 cm³/mol. The van der Waals surface area contributed by atoms with Crippen molar-refractivity contribution >= 4 is 11.6 Å². The van der Waals surface area contributed by atoms with Crippen molar-refractivity contribution in [3.63, 3.8) is 0 Å². The van der Waals surface area contributed by atoms with E-state index in [0.717, 1.165) is 18.7 Å². The van der Waals surface area contributed by atoms with Crippen LogP contribution in [0.1, 0.15) is 38.7 Å². The van der Waals surface area contributed by atoms with Crippen LogP contribution in [0, 0.1) is 5.82 Å². The molecule has 1 fully saturated rings. The van der Waals surface area contributed by atoms with Crippen LogP contribution in [0.4, 0.5) is 4.39 Å². The third-order valence-electron chi connectivity index (χ3n) is 4.53. The third kappa shape index (κ3) is 3.51. The Morgan fingerprint density at radius 1 is 1.30 bits per heavy atom. The van der Waals surface area contributed by atoms with Crippen molar-refractivity contribution in [3.05, 3.63) is 34.6 Å². The molecule has 1 aromatic carbocycles. The molecule has 112 valence electrons. The van der Waals surface area contributed by atoms with E-state index in [1.54, 1.807) is 6.07 Å². The fourth-order valence-corrected chi connectivity index (χ4v) is 3.09. The van der Waals surface area contributed by atoms with Gasteiger partial charge in [0.05, 0.1) is 0 Å². The van der Waals surface area contributed by atoms with Gasteiger partial charge in [0, 0.05) is 16.6 Å². The molecule has 0 radical (unpaired) electrons.